The third-order valence-electron chi connectivity index (χ3n) is 2.48. The second kappa shape index (κ2) is 6.70. The molecular weight excluding hydrogens is 254 g/mol. The number of pyridine rings is 1. The van der Waals surface area contributed by atoms with Crippen molar-refractivity contribution in [3.8, 4) is 0 Å². The van der Waals surface area contributed by atoms with Gasteiger partial charge in [0.1, 0.15) is 5.60 Å². The standard InChI is InChI=1S/C15H25N3O2/c1-14(2,3)20-13(19)18-15(4,5)11-17-10-12-6-8-16-9-7-12/h6-9,17H,10-11H2,1-5H3,(H,18,19). The summed E-state index contributed by atoms with van der Waals surface area (Å²) in [4.78, 5) is 15.7. The Morgan fingerprint density at radius 3 is 2.35 bits per heavy atom. The highest BCUT2D eigenvalue weighted by molar-refractivity contribution is 5.68. The molecule has 1 amide bonds. The lowest BCUT2D eigenvalue weighted by atomic mass is 10.1. The van der Waals surface area contributed by atoms with Gasteiger partial charge in [-0.3, -0.25) is 4.98 Å². The van der Waals surface area contributed by atoms with E-state index in [1.807, 2.05) is 46.8 Å². The molecule has 0 aliphatic heterocycles. The monoisotopic (exact) mass is 279 g/mol. The van der Waals surface area contributed by atoms with E-state index in [0.29, 0.717) is 6.54 Å². The summed E-state index contributed by atoms with van der Waals surface area (Å²) in [7, 11) is 0. The molecule has 1 heterocycles. The Kier molecular flexibility index (Phi) is 5.51. The maximum absolute atomic E-state index is 11.7. The number of hydrogen-bond donors (Lipinski definition) is 2. The second-order valence-electron chi connectivity index (χ2n) is 6.47. The van der Waals surface area contributed by atoms with E-state index in [1.54, 1.807) is 12.4 Å². The van der Waals surface area contributed by atoms with E-state index in [-0.39, 0.29) is 5.54 Å². The molecule has 0 aromatic carbocycles. The summed E-state index contributed by atoms with van der Waals surface area (Å²) in [5, 5.41) is 6.18. The molecule has 5 nitrogen and oxygen atoms in total. The fourth-order valence-corrected chi connectivity index (χ4v) is 1.64. The SMILES string of the molecule is CC(C)(CNCc1ccncc1)NC(=O)OC(C)(C)C. The predicted octanol–water partition coefficient (Wildman–Crippen LogP) is 2.47. The van der Waals surface area contributed by atoms with Crippen molar-refractivity contribution in [1.29, 1.82) is 0 Å². The molecule has 0 saturated heterocycles. The molecule has 0 saturated carbocycles. The lowest BCUT2D eigenvalue weighted by molar-refractivity contribution is 0.0472. The molecule has 0 aliphatic rings. The van der Waals surface area contributed by atoms with Crippen molar-refractivity contribution in [1.82, 2.24) is 15.6 Å². The number of amides is 1. The summed E-state index contributed by atoms with van der Waals surface area (Å²) in [6, 6.07) is 3.92. The molecule has 0 atom stereocenters. The summed E-state index contributed by atoms with van der Waals surface area (Å²) in [5.74, 6) is 0. The van der Waals surface area contributed by atoms with Crippen LogP contribution >= 0.6 is 0 Å². The van der Waals surface area contributed by atoms with Gasteiger partial charge in [-0.2, -0.15) is 0 Å². The van der Waals surface area contributed by atoms with Gasteiger partial charge in [0.15, 0.2) is 0 Å². The molecule has 0 spiro atoms. The zero-order valence-corrected chi connectivity index (χ0v) is 13.0. The minimum atomic E-state index is -0.482. The van der Waals surface area contributed by atoms with Gasteiger partial charge in [-0.25, -0.2) is 4.79 Å². The van der Waals surface area contributed by atoms with Crippen molar-refractivity contribution >= 4 is 6.09 Å². The van der Waals surface area contributed by atoms with E-state index in [9.17, 15) is 4.79 Å². The van der Waals surface area contributed by atoms with Crippen LogP contribution in [0.15, 0.2) is 24.5 Å². The van der Waals surface area contributed by atoms with Crippen molar-refractivity contribution in [2.75, 3.05) is 6.54 Å². The molecule has 5 heteroatoms. The molecule has 1 rings (SSSR count). The van der Waals surface area contributed by atoms with Gasteiger partial charge in [-0.15, -0.1) is 0 Å². The minimum absolute atomic E-state index is 0.380. The number of carbonyl (C=O) groups is 1. The maximum atomic E-state index is 11.7. The summed E-state index contributed by atoms with van der Waals surface area (Å²) in [6.07, 6.45) is 3.13. The van der Waals surface area contributed by atoms with Gasteiger partial charge < -0.3 is 15.4 Å². The topological polar surface area (TPSA) is 63.2 Å². The fourth-order valence-electron chi connectivity index (χ4n) is 1.64. The largest absolute Gasteiger partial charge is 0.444 e. The highest BCUT2D eigenvalue weighted by Gasteiger charge is 2.24. The Bertz CT molecular complexity index is 424. The third-order valence-corrected chi connectivity index (χ3v) is 2.48. The van der Waals surface area contributed by atoms with Gasteiger partial charge in [-0.05, 0) is 52.3 Å². The number of alkyl carbamates (subject to hydrolysis) is 1. The molecule has 0 unspecified atom stereocenters. The van der Waals surface area contributed by atoms with Crippen LogP contribution in [0, 0.1) is 0 Å². The molecule has 0 fully saturated rings. The molecule has 0 bridgehead atoms. The van der Waals surface area contributed by atoms with E-state index >= 15 is 0 Å². The van der Waals surface area contributed by atoms with Gasteiger partial charge in [0.05, 0.1) is 5.54 Å². The first-order valence-corrected chi connectivity index (χ1v) is 6.79. The number of nitrogens with zero attached hydrogens (tertiary/aromatic N) is 1. The summed E-state index contributed by atoms with van der Waals surface area (Å²) in [6.45, 7) is 10.8. The van der Waals surface area contributed by atoms with Gasteiger partial charge in [0.25, 0.3) is 0 Å². The van der Waals surface area contributed by atoms with Crippen LogP contribution in [0.1, 0.15) is 40.2 Å². The van der Waals surface area contributed by atoms with E-state index in [1.165, 1.54) is 0 Å². The Hall–Kier alpha value is -1.62. The van der Waals surface area contributed by atoms with E-state index in [0.717, 1.165) is 12.1 Å². The number of hydrogen-bond acceptors (Lipinski definition) is 4. The average molecular weight is 279 g/mol. The zero-order valence-electron chi connectivity index (χ0n) is 13.0. The zero-order chi connectivity index (χ0) is 15.2. The van der Waals surface area contributed by atoms with Crippen LogP contribution in [0.4, 0.5) is 4.79 Å². The number of nitrogens with one attached hydrogen (secondary N) is 2. The molecule has 0 aliphatic carbocycles. The molecule has 20 heavy (non-hydrogen) atoms. The van der Waals surface area contributed by atoms with Gasteiger partial charge in [-0.1, -0.05) is 0 Å². The number of rotatable bonds is 5. The summed E-state index contributed by atoms with van der Waals surface area (Å²) >= 11 is 0. The van der Waals surface area contributed by atoms with Gasteiger partial charge in [0, 0.05) is 25.5 Å². The van der Waals surface area contributed by atoms with Crippen LogP contribution in [0.2, 0.25) is 0 Å². The Morgan fingerprint density at radius 1 is 1.20 bits per heavy atom. The first kappa shape index (κ1) is 16.4. The number of aromatic nitrogens is 1. The van der Waals surface area contributed by atoms with Crippen LogP contribution in [0.3, 0.4) is 0 Å². The quantitative estimate of drug-likeness (QED) is 0.869. The predicted molar refractivity (Wildman–Crippen MR) is 79.4 cm³/mol. The second-order valence-corrected chi connectivity index (χ2v) is 6.47. The average Bonchev–Trinajstić information content (AvgIpc) is 2.26. The highest BCUT2D eigenvalue weighted by atomic mass is 16.6. The number of ether oxygens (including phenoxy) is 1. The van der Waals surface area contributed by atoms with Crippen LogP contribution in [-0.4, -0.2) is 28.8 Å². The van der Waals surface area contributed by atoms with Crippen molar-refractivity contribution < 1.29 is 9.53 Å². The van der Waals surface area contributed by atoms with Crippen LogP contribution in [-0.2, 0) is 11.3 Å². The van der Waals surface area contributed by atoms with Crippen molar-refractivity contribution in [2.24, 2.45) is 0 Å². The van der Waals surface area contributed by atoms with Gasteiger partial charge in [0.2, 0.25) is 0 Å². The van der Waals surface area contributed by atoms with Crippen LogP contribution < -0.4 is 10.6 Å². The van der Waals surface area contributed by atoms with Crippen molar-refractivity contribution in [3.05, 3.63) is 30.1 Å². The minimum Gasteiger partial charge on any atom is -0.444 e. The van der Waals surface area contributed by atoms with E-state index < -0.39 is 11.7 Å². The molecule has 112 valence electrons. The molecule has 1 aromatic heterocycles. The first-order chi connectivity index (χ1) is 9.18. The number of carbonyl (C=O) groups excluding carboxylic acids is 1. The molecule has 2 N–H and O–H groups in total. The Morgan fingerprint density at radius 2 is 1.80 bits per heavy atom. The first-order valence-electron chi connectivity index (χ1n) is 6.79. The van der Waals surface area contributed by atoms with E-state index in [2.05, 4.69) is 15.6 Å². The maximum Gasteiger partial charge on any atom is 0.408 e. The van der Waals surface area contributed by atoms with Crippen molar-refractivity contribution in [3.63, 3.8) is 0 Å². The lowest BCUT2D eigenvalue weighted by Gasteiger charge is -2.29. The van der Waals surface area contributed by atoms with Crippen molar-refractivity contribution in [2.45, 2.75) is 52.3 Å². The summed E-state index contributed by atoms with van der Waals surface area (Å²) in [5.41, 5.74) is 0.299. The van der Waals surface area contributed by atoms with Gasteiger partial charge >= 0.3 is 6.09 Å². The molecule has 1 aromatic rings. The fraction of sp³-hybridized carbons (Fsp3) is 0.600. The van der Waals surface area contributed by atoms with Crippen LogP contribution in [0.5, 0.6) is 0 Å². The normalized spacial score (nSPS) is 12.1. The Balaban J connectivity index is 2.36. The Labute approximate surface area is 121 Å². The lowest BCUT2D eigenvalue weighted by Crippen LogP contribution is -2.51. The highest BCUT2D eigenvalue weighted by Crippen LogP contribution is 2.09. The molecule has 0 radical (unpaired) electrons. The molecular formula is C15H25N3O2. The van der Waals surface area contributed by atoms with Crippen LogP contribution in [0.25, 0.3) is 0 Å². The van der Waals surface area contributed by atoms with E-state index in [4.69, 9.17) is 4.74 Å². The smallest absolute Gasteiger partial charge is 0.408 e. The summed E-state index contributed by atoms with van der Waals surface area (Å²) < 4.78 is 5.25. The third kappa shape index (κ3) is 7.09.